The summed E-state index contributed by atoms with van der Waals surface area (Å²) in [5.41, 5.74) is 15.4. The number of unbranched alkanes of at least 4 members (excludes halogenated alkanes) is 2. The van der Waals surface area contributed by atoms with Crippen LogP contribution in [0.3, 0.4) is 0 Å². The van der Waals surface area contributed by atoms with Crippen molar-refractivity contribution in [2.45, 2.75) is 125 Å². The van der Waals surface area contributed by atoms with Gasteiger partial charge in [-0.3, -0.25) is 43.4 Å². The Morgan fingerprint density at radius 2 is 1.55 bits per heavy atom. The lowest BCUT2D eigenvalue weighted by molar-refractivity contribution is -0.137. The molecule has 2 aromatic rings. The monoisotopic (exact) mass is 1040 g/mol. The fourth-order valence-electron chi connectivity index (χ4n) is 7.86. The smallest absolute Gasteiger partial charge is 0.407 e. The van der Waals surface area contributed by atoms with E-state index in [0.717, 1.165) is 17.7 Å². The van der Waals surface area contributed by atoms with E-state index < -0.39 is 41.9 Å². The molecule has 3 heterocycles. The summed E-state index contributed by atoms with van der Waals surface area (Å²) < 4.78 is 5.40. The number of carbonyl (C=O) groups excluding carboxylic acids is 9. The minimum Gasteiger partial charge on any atom is -0.445 e. The summed E-state index contributed by atoms with van der Waals surface area (Å²) in [5.74, 6) is -2.81. The van der Waals surface area contributed by atoms with Crippen molar-refractivity contribution in [3.05, 3.63) is 101 Å². The lowest BCUT2D eigenvalue weighted by Crippen LogP contribution is -2.54. The summed E-state index contributed by atoms with van der Waals surface area (Å²) in [5, 5.41) is 16.2. The van der Waals surface area contributed by atoms with Crippen molar-refractivity contribution in [1.29, 1.82) is 0 Å². The molecule has 10 N–H and O–H groups in total. The number of nitrogens with two attached hydrogens (primary N) is 2. The molecule has 0 saturated heterocycles. The SMILES string of the molecule is CCCN(CCC)C(=O)C1=CC(C)=C(/C=C(\C)C(=O)Nc2cncc(CNC(=O)OCc3ccc(NC(=O)[C@H](CCCNC(N)=O)NC(=O)[C@@H](NC(=O)CCCCCN4C(=O)C=CC4=O)C(C)C)cc3)c2)N=C(N)C1. The van der Waals surface area contributed by atoms with Crippen LogP contribution < -0.4 is 43.4 Å². The molecule has 0 fully saturated rings. The van der Waals surface area contributed by atoms with E-state index in [-0.39, 0.29) is 87.3 Å². The first-order valence-corrected chi connectivity index (χ1v) is 25.2. The second kappa shape index (κ2) is 30.1. The molecule has 1 aromatic carbocycles. The highest BCUT2D eigenvalue weighted by molar-refractivity contribution is 6.13. The average molecular weight is 1040 g/mol. The maximum absolute atomic E-state index is 13.6. The molecule has 75 heavy (non-hydrogen) atoms. The number of rotatable bonds is 28. The number of nitrogens with one attached hydrogen (secondary N) is 6. The van der Waals surface area contributed by atoms with Crippen LogP contribution in [0.4, 0.5) is 21.0 Å². The fraction of sp³-hybridized carbons (Fsp3) is 0.453. The van der Waals surface area contributed by atoms with Crippen LogP contribution in [0.2, 0.25) is 0 Å². The summed E-state index contributed by atoms with van der Waals surface area (Å²) in [7, 11) is 0. The first-order chi connectivity index (χ1) is 35.8. The number of anilines is 2. The van der Waals surface area contributed by atoms with Gasteiger partial charge in [0.1, 0.15) is 24.5 Å². The first kappa shape index (κ1) is 59.4. The van der Waals surface area contributed by atoms with Crippen LogP contribution >= 0.6 is 0 Å². The van der Waals surface area contributed by atoms with E-state index in [1.807, 2.05) is 25.7 Å². The summed E-state index contributed by atoms with van der Waals surface area (Å²) in [4.78, 5) is 126. The van der Waals surface area contributed by atoms with Gasteiger partial charge in [-0.1, -0.05) is 46.2 Å². The Hall–Kier alpha value is -8.17. The van der Waals surface area contributed by atoms with Gasteiger partial charge in [0.25, 0.3) is 17.7 Å². The normalized spacial score (nSPS) is 14.3. The topological polar surface area (TPSA) is 319 Å². The lowest BCUT2D eigenvalue weighted by atomic mass is 10.0. The maximum Gasteiger partial charge on any atom is 0.407 e. The predicted molar refractivity (Wildman–Crippen MR) is 283 cm³/mol. The van der Waals surface area contributed by atoms with Gasteiger partial charge in [0.05, 0.1) is 17.6 Å². The molecule has 22 heteroatoms. The molecule has 0 aliphatic carbocycles. The lowest BCUT2D eigenvalue weighted by Gasteiger charge is -2.25. The molecule has 22 nitrogen and oxygen atoms in total. The van der Waals surface area contributed by atoms with Gasteiger partial charge in [0.2, 0.25) is 23.6 Å². The average Bonchev–Trinajstić information content (AvgIpc) is 3.61. The first-order valence-electron chi connectivity index (χ1n) is 25.2. The highest BCUT2D eigenvalue weighted by atomic mass is 16.5. The Balaban J connectivity index is 1.27. The van der Waals surface area contributed by atoms with Gasteiger partial charge in [0.15, 0.2) is 0 Å². The number of alkyl carbamates (subject to hydrolysis) is 1. The van der Waals surface area contributed by atoms with E-state index in [2.05, 4.69) is 41.9 Å². The highest BCUT2D eigenvalue weighted by Crippen LogP contribution is 2.22. The van der Waals surface area contributed by atoms with Crippen LogP contribution in [0.15, 0.2) is 94.4 Å². The quantitative estimate of drug-likeness (QED) is 0.0332. The zero-order valence-corrected chi connectivity index (χ0v) is 43.7. The van der Waals surface area contributed by atoms with Gasteiger partial charge in [0, 0.05) is 80.7 Å². The molecule has 4 rings (SSSR count). The van der Waals surface area contributed by atoms with Gasteiger partial charge in [-0.2, -0.15) is 0 Å². The van der Waals surface area contributed by atoms with E-state index in [1.165, 1.54) is 24.5 Å². The predicted octanol–water partition coefficient (Wildman–Crippen LogP) is 4.50. The van der Waals surface area contributed by atoms with E-state index in [0.29, 0.717) is 77.3 Å². The van der Waals surface area contributed by atoms with Crippen LogP contribution in [0.1, 0.15) is 110 Å². The van der Waals surface area contributed by atoms with Crippen molar-refractivity contribution < 1.29 is 47.9 Å². The van der Waals surface area contributed by atoms with Crippen molar-refractivity contribution in [2.24, 2.45) is 22.4 Å². The Morgan fingerprint density at radius 3 is 2.20 bits per heavy atom. The number of pyridine rings is 1. The molecule has 0 radical (unpaired) electrons. The van der Waals surface area contributed by atoms with Crippen LogP contribution in [-0.4, -0.2) is 112 Å². The second-order valence-corrected chi connectivity index (χ2v) is 18.5. The number of urea groups is 1. The Kier molecular flexibility index (Phi) is 23.9. The van der Waals surface area contributed by atoms with Gasteiger partial charge >= 0.3 is 12.1 Å². The van der Waals surface area contributed by atoms with Crippen LogP contribution in [-0.2, 0) is 51.5 Å². The highest BCUT2D eigenvalue weighted by Gasteiger charge is 2.29. The van der Waals surface area contributed by atoms with Crippen LogP contribution in [0.25, 0.3) is 0 Å². The molecule has 0 bridgehead atoms. The number of amides is 10. The number of amidine groups is 1. The third kappa shape index (κ3) is 20.0. The number of allylic oxidation sites excluding steroid dienone is 3. The van der Waals surface area contributed by atoms with Crippen molar-refractivity contribution in [3.8, 4) is 0 Å². The molecule has 1 aromatic heterocycles. The molecular formula is C53H72N12O10. The summed E-state index contributed by atoms with van der Waals surface area (Å²) in [6.45, 7) is 12.6. The molecule has 0 spiro atoms. The number of ether oxygens (including phenoxy) is 1. The zero-order valence-electron chi connectivity index (χ0n) is 43.7. The number of hydrogen-bond donors (Lipinski definition) is 8. The van der Waals surface area contributed by atoms with E-state index in [9.17, 15) is 43.2 Å². The van der Waals surface area contributed by atoms with Gasteiger partial charge in [-0.05, 0) is 105 Å². The third-order valence-electron chi connectivity index (χ3n) is 11.8. The Bertz CT molecular complexity index is 2540. The molecule has 0 saturated carbocycles. The standard InChI is InChI=1S/C53H72N12O10/c1-7-22-64(23-8-2)51(72)38-25-34(5)42(61-43(54)28-38)26-35(6)48(69)60-40-27-37(29-56-31-40)30-58-53(74)75-32-36-15-17-39(18-16-36)59-49(70)41(13-12-21-57-52(55)73)62-50(71)47(33(3)4)63-44(66)14-10-9-11-24-65-45(67)19-20-46(65)68/h15-20,25-27,29,31,33,41,47H,7-14,21-24,28,30,32H2,1-6H3,(H2,54,61)(H,58,74)(H,59,70)(H,60,69)(H,62,71)(H,63,66)(H3,55,57,73)/b35-26+/t41-,47-/m0/s1. The number of benzene rings is 1. The summed E-state index contributed by atoms with van der Waals surface area (Å²) in [6.07, 6.45) is 12.0. The van der Waals surface area contributed by atoms with Crippen molar-refractivity contribution >= 4 is 70.7 Å². The summed E-state index contributed by atoms with van der Waals surface area (Å²) >= 11 is 0. The van der Waals surface area contributed by atoms with E-state index >= 15 is 0 Å². The van der Waals surface area contributed by atoms with Crippen LogP contribution in [0.5, 0.6) is 0 Å². The summed E-state index contributed by atoms with van der Waals surface area (Å²) in [6, 6.07) is 5.37. The van der Waals surface area contributed by atoms with E-state index in [1.54, 1.807) is 63.3 Å². The zero-order chi connectivity index (χ0) is 55.0. The van der Waals surface area contributed by atoms with Gasteiger partial charge < -0.3 is 53.0 Å². The molecule has 2 atom stereocenters. The van der Waals surface area contributed by atoms with Gasteiger partial charge in [-0.15, -0.1) is 0 Å². The molecular weight excluding hydrogens is 965 g/mol. The fourth-order valence-corrected chi connectivity index (χ4v) is 7.86. The molecule has 2 aliphatic heterocycles. The van der Waals surface area contributed by atoms with E-state index in [4.69, 9.17) is 16.2 Å². The van der Waals surface area contributed by atoms with Gasteiger partial charge in [-0.25, -0.2) is 14.6 Å². The molecule has 2 aliphatic rings. The molecule has 404 valence electrons. The third-order valence-corrected chi connectivity index (χ3v) is 11.8. The van der Waals surface area contributed by atoms with Crippen molar-refractivity contribution in [2.75, 3.05) is 36.8 Å². The second-order valence-electron chi connectivity index (χ2n) is 18.5. The number of aromatic nitrogens is 1. The van der Waals surface area contributed by atoms with Crippen LogP contribution in [0, 0.1) is 5.92 Å². The number of carbonyl (C=O) groups is 9. The number of imide groups is 1. The molecule has 10 amide bonds. The Morgan fingerprint density at radius 1 is 0.853 bits per heavy atom. The number of hydrogen-bond acceptors (Lipinski definition) is 13. The number of nitrogens with zero attached hydrogens (tertiary/aromatic N) is 4. The van der Waals surface area contributed by atoms with Crippen molar-refractivity contribution in [1.82, 2.24) is 36.1 Å². The minimum atomic E-state index is -1.07. The largest absolute Gasteiger partial charge is 0.445 e. The maximum atomic E-state index is 13.6. The Labute approximate surface area is 437 Å². The number of aliphatic imine (C=N–C) groups is 1. The van der Waals surface area contributed by atoms with Crippen molar-refractivity contribution in [3.63, 3.8) is 0 Å². The molecule has 0 unspecified atom stereocenters. The number of primary amides is 1. The minimum absolute atomic E-state index is 0.0322.